The Morgan fingerprint density at radius 2 is 2.04 bits per heavy atom. The minimum absolute atomic E-state index is 0.120. The van der Waals surface area contributed by atoms with Gasteiger partial charge in [0.2, 0.25) is 5.13 Å². The van der Waals surface area contributed by atoms with E-state index in [-0.39, 0.29) is 5.91 Å². The Labute approximate surface area is 153 Å². The largest absolute Gasteiger partial charge is 0.345 e. The van der Waals surface area contributed by atoms with Gasteiger partial charge < -0.3 is 9.80 Å². The average Bonchev–Trinajstić information content (AvgIpc) is 3.30. The van der Waals surface area contributed by atoms with Crippen molar-refractivity contribution in [3.63, 3.8) is 0 Å². The van der Waals surface area contributed by atoms with Gasteiger partial charge >= 0.3 is 0 Å². The number of anilines is 1. The highest BCUT2D eigenvalue weighted by molar-refractivity contribution is 7.18. The van der Waals surface area contributed by atoms with E-state index in [1.54, 1.807) is 28.9 Å². The number of pyridine rings is 1. The molecule has 0 bridgehead atoms. The van der Waals surface area contributed by atoms with Crippen LogP contribution in [0, 0.1) is 0 Å². The molecule has 0 saturated carbocycles. The first-order chi connectivity index (χ1) is 12.3. The first-order valence-corrected chi connectivity index (χ1v) is 9.88. The second-order valence-corrected chi connectivity index (χ2v) is 7.49. The summed E-state index contributed by atoms with van der Waals surface area (Å²) in [4.78, 5) is 21.0. The van der Waals surface area contributed by atoms with Gasteiger partial charge in [0.25, 0.3) is 5.91 Å². The van der Waals surface area contributed by atoms with Crippen LogP contribution in [0.1, 0.15) is 16.8 Å². The number of amides is 1. The van der Waals surface area contributed by atoms with Gasteiger partial charge in [-0.1, -0.05) is 17.4 Å². The molecule has 0 aliphatic carbocycles. The summed E-state index contributed by atoms with van der Waals surface area (Å²) in [5, 5.41) is 14.2. The number of hydrogen-bond acceptors (Lipinski definition) is 7. The van der Waals surface area contributed by atoms with E-state index in [1.165, 1.54) is 0 Å². The molecule has 1 fully saturated rings. The van der Waals surface area contributed by atoms with Crippen LogP contribution in [-0.2, 0) is 0 Å². The van der Waals surface area contributed by atoms with Crippen molar-refractivity contribution in [1.29, 1.82) is 0 Å². The lowest BCUT2D eigenvalue weighted by Gasteiger charge is -2.21. The predicted octanol–water partition coefficient (Wildman–Crippen LogP) is 3.01. The smallest absolute Gasteiger partial charge is 0.254 e. The summed E-state index contributed by atoms with van der Waals surface area (Å²) in [6.07, 6.45) is 2.69. The zero-order chi connectivity index (χ0) is 17.1. The topological polar surface area (TPSA) is 62.2 Å². The molecule has 4 rings (SSSR count). The van der Waals surface area contributed by atoms with Crippen LogP contribution in [0.3, 0.4) is 0 Å². The minimum Gasteiger partial charge on any atom is -0.345 e. The predicted molar refractivity (Wildman–Crippen MR) is 100 cm³/mol. The summed E-state index contributed by atoms with van der Waals surface area (Å²) < 4.78 is 0. The fourth-order valence-electron chi connectivity index (χ4n) is 2.82. The van der Waals surface area contributed by atoms with Gasteiger partial charge in [-0.05, 0) is 30.0 Å². The monoisotopic (exact) mass is 371 g/mol. The van der Waals surface area contributed by atoms with Gasteiger partial charge in [-0.3, -0.25) is 9.78 Å². The molecule has 128 valence electrons. The molecule has 0 unspecified atom stereocenters. The second-order valence-electron chi connectivity index (χ2n) is 5.75. The van der Waals surface area contributed by atoms with Crippen molar-refractivity contribution in [1.82, 2.24) is 20.1 Å². The van der Waals surface area contributed by atoms with Gasteiger partial charge in [-0.2, -0.15) is 11.3 Å². The summed E-state index contributed by atoms with van der Waals surface area (Å²) in [6.45, 7) is 3.13. The Morgan fingerprint density at radius 1 is 1.08 bits per heavy atom. The Hall–Kier alpha value is -2.32. The summed E-state index contributed by atoms with van der Waals surface area (Å²) in [5.41, 5.74) is 1.63. The molecule has 4 heterocycles. The molecule has 1 aliphatic rings. The van der Waals surface area contributed by atoms with Gasteiger partial charge in [-0.25, -0.2) is 0 Å². The number of aromatic nitrogens is 3. The van der Waals surface area contributed by atoms with Crippen LogP contribution in [0.5, 0.6) is 0 Å². The van der Waals surface area contributed by atoms with E-state index in [0.717, 1.165) is 47.5 Å². The average molecular weight is 371 g/mol. The van der Waals surface area contributed by atoms with E-state index in [1.807, 2.05) is 39.9 Å². The molecule has 1 aliphatic heterocycles. The van der Waals surface area contributed by atoms with Crippen molar-refractivity contribution in [3.05, 3.63) is 46.8 Å². The van der Waals surface area contributed by atoms with Gasteiger partial charge in [0.1, 0.15) is 5.69 Å². The lowest BCUT2D eigenvalue weighted by Crippen LogP contribution is -2.35. The molecular formula is C17H17N5OS2. The normalized spacial score (nSPS) is 15.2. The highest BCUT2D eigenvalue weighted by Crippen LogP contribution is 2.28. The van der Waals surface area contributed by atoms with E-state index in [0.29, 0.717) is 6.54 Å². The number of nitrogens with zero attached hydrogens (tertiary/aromatic N) is 5. The number of thiophene rings is 1. The molecule has 6 nitrogen and oxygen atoms in total. The lowest BCUT2D eigenvalue weighted by atomic mass is 10.3. The third-order valence-corrected chi connectivity index (χ3v) is 5.81. The fraction of sp³-hybridized carbons (Fsp3) is 0.294. The molecule has 1 saturated heterocycles. The van der Waals surface area contributed by atoms with Crippen LogP contribution in [0.4, 0.5) is 5.13 Å². The van der Waals surface area contributed by atoms with Gasteiger partial charge in [0, 0.05) is 37.8 Å². The van der Waals surface area contributed by atoms with Crippen LogP contribution in [0.15, 0.2) is 41.2 Å². The molecule has 0 spiro atoms. The standard InChI is InChI=1S/C17H17N5OS2/c23-16(13-5-11-24-12-13)21-7-3-8-22(10-9-21)17-20-19-15(25-17)14-4-1-2-6-18-14/h1-2,4-6,11-12H,3,7-10H2. The van der Waals surface area contributed by atoms with Crippen LogP contribution >= 0.6 is 22.7 Å². The fourth-order valence-corrected chi connectivity index (χ4v) is 4.32. The van der Waals surface area contributed by atoms with Crippen LogP contribution in [-0.4, -0.2) is 52.2 Å². The molecule has 0 radical (unpaired) electrons. The molecular weight excluding hydrogens is 354 g/mol. The minimum atomic E-state index is 0.120. The summed E-state index contributed by atoms with van der Waals surface area (Å²) in [6, 6.07) is 7.66. The second kappa shape index (κ2) is 7.28. The SMILES string of the molecule is O=C(c1ccsc1)N1CCCN(c2nnc(-c3ccccn3)s2)CC1. The Balaban J connectivity index is 1.45. The summed E-state index contributed by atoms with van der Waals surface area (Å²) >= 11 is 3.10. The van der Waals surface area contributed by atoms with Gasteiger partial charge in [0.15, 0.2) is 5.01 Å². The maximum absolute atomic E-state index is 12.5. The Bertz CT molecular complexity index is 834. The van der Waals surface area contributed by atoms with Crippen molar-refractivity contribution in [2.75, 3.05) is 31.1 Å². The number of rotatable bonds is 3. The lowest BCUT2D eigenvalue weighted by molar-refractivity contribution is 0.0767. The van der Waals surface area contributed by atoms with E-state index in [2.05, 4.69) is 20.1 Å². The van der Waals surface area contributed by atoms with E-state index in [4.69, 9.17) is 0 Å². The Kier molecular flexibility index (Phi) is 4.71. The van der Waals surface area contributed by atoms with Crippen LogP contribution in [0.25, 0.3) is 10.7 Å². The zero-order valence-electron chi connectivity index (χ0n) is 13.5. The van der Waals surface area contributed by atoms with Crippen LogP contribution < -0.4 is 4.90 Å². The first kappa shape index (κ1) is 16.2. The molecule has 1 amide bonds. The molecule has 8 heteroatoms. The first-order valence-electron chi connectivity index (χ1n) is 8.12. The highest BCUT2D eigenvalue weighted by atomic mass is 32.1. The van der Waals surface area contributed by atoms with Gasteiger partial charge in [-0.15, -0.1) is 10.2 Å². The van der Waals surface area contributed by atoms with Crippen molar-refractivity contribution in [2.24, 2.45) is 0 Å². The third kappa shape index (κ3) is 3.54. The van der Waals surface area contributed by atoms with E-state index in [9.17, 15) is 4.79 Å². The van der Waals surface area contributed by atoms with Crippen molar-refractivity contribution >= 4 is 33.7 Å². The number of carbonyl (C=O) groups excluding carboxylic acids is 1. The molecule has 0 atom stereocenters. The quantitative estimate of drug-likeness (QED) is 0.708. The summed E-state index contributed by atoms with van der Waals surface area (Å²) in [5.74, 6) is 0.120. The Morgan fingerprint density at radius 3 is 2.84 bits per heavy atom. The van der Waals surface area contributed by atoms with Crippen molar-refractivity contribution in [3.8, 4) is 10.7 Å². The number of hydrogen-bond donors (Lipinski definition) is 0. The highest BCUT2D eigenvalue weighted by Gasteiger charge is 2.22. The maximum atomic E-state index is 12.5. The molecule has 0 N–H and O–H groups in total. The van der Waals surface area contributed by atoms with E-state index < -0.39 is 0 Å². The van der Waals surface area contributed by atoms with E-state index >= 15 is 0 Å². The van der Waals surface area contributed by atoms with Crippen molar-refractivity contribution in [2.45, 2.75) is 6.42 Å². The third-order valence-electron chi connectivity index (χ3n) is 4.12. The molecule has 25 heavy (non-hydrogen) atoms. The van der Waals surface area contributed by atoms with Crippen LogP contribution in [0.2, 0.25) is 0 Å². The zero-order valence-corrected chi connectivity index (χ0v) is 15.2. The molecule has 3 aromatic heterocycles. The molecule has 0 aromatic carbocycles. The molecule has 3 aromatic rings. The summed E-state index contributed by atoms with van der Waals surface area (Å²) in [7, 11) is 0. The maximum Gasteiger partial charge on any atom is 0.254 e. The van der Waals surface area contributed by atoms with Crippen molar-refractivity contribution < 1.29 is 4.79 Å². The number of carbonyl (C=O) groups is 1. The van der Waals surface area contributed by atoms with Gasteiger partial charge in [0.05, 0.1) is 5.56 Å².